The molecule has 0 aliphatic carbocycles. The van der Waals surface area contributed by atoms with E-state index in [-0.39, 0.29) is 0 Å². The Morgan fingerprint density at radius 3 is 2.39 bits per heavy atom. The van der Waals surface area contributed by atoms with Crippen molar-refractivity contribution in [2.75, 3.05) is 25.6 Å². The molecule has 8 nitrogen and oxygen atoms in total. The van der Waals surface area contributed by atoms with Crippen LogP contribution >= 0.6 is 0 Å². The van der Waals surface area contributed by atoms with E-state index in [1.807, 2.05) is 6.92 Å². The van der Waals surface area contributed by atoms with Crippen molar-refractivity contribution in [3.63, 3.8) is 0 Å². The third kappa shape index (κ3) is 8.00. The van der Waals surface area contributed by atoms with Crippen molar-refractivity contribution in [2.45, 2.75) is 33.1 Å². The molecule has 0 saturated heterocycles. The van der Waals surface area contributed by atoms with Crippen LogP contribution in [0, 0.1) is 0 Å². The van der Waals surface area contributed by atoms with Crippen LogP contribution < -0.4 is 25.0 Å². The van der Waals surface area contributed by atoms with Crippen molar-refractivity contribution in [2.24, 2.45) is 5.10 Å². The zero-order chi connectivity index (χ0) is 22.5. The summed E-state index contributed by atoms with van der Waals surface area (Å²) < 4.78 is 16.5. The number of carbonyl (C=O) groups is 2. The number of anilines is 1. The number of ether oxygens (including phenoxy) is 3. The van der Waals surface area contributed by atoms with Crippen LogP contribution in [0.1, 0.15) is 38.7 Å². The number of hydrogen-bond acceptors (Lipinski definition) is 6. The highest BCUT2D eigenvalue weighted by molar-refractivity contribution is 6.39. The van der Waals surface area contributed by atoms with Gasteiger partial charge < -0.3 is 19.5 Å². The SMILES string of the molecule is CCCCOc1ccc(NC(=O)C(=O)N/N=C\c2ccc(OCCC)c(OC)c2)cc1. The van der Waals surface area contributed by atoms with Crippen LogP contribution in [0.5, 0.6) is 17.2 Å². The van der Waals surface area contributed by atoms with E-state index in [2.05, 4.69) is 22.8 Å². The molecule has 0 heterocycles. The van der Waals surface area contributed by atoms with Crippen LogP contribution in [-0.2, 0) is 9.59 Å². The van der Waals surface area contributed by atoms with Crippen LogP contribution in [0.15, 0.2) is 47.6 Å². The van der Waals surface area contributed by atoms with Gasteiger partial charge in [-0.3, -0.25) is 9.59 Å². The van der Waals surface area contributed by atoms with E-state index in [1.54, 1.807) is 49.6 Å². The van der Waals surface area contributed by atoms with Gasteiger partial charge in [-0.1, -0.05) is 20.3 Å². The number of methoxy groups -OCH3 is 1. The van der Waals surface area contributed by atoms with E-state index in [9.17, 15) is 9.59 Å². The second-order valence-corrected chi connectivity index (χ2v) is 6.64. The van der Waals surface area contributed by atoms with Crippen molar-refractivity contribution >= 4 is 23.7 Å². The lowest BCUT2D eigenvalue weighted by atomic mass is 10.2. The van der Waals surface area contributed by atoms with Crippen molar-refractivity contribution in [3.8, 4) is 17.2 Å². The molecule has 2 amide bonds. The Balaban J connectivity index is 1.86. The van der Waals surface area contributed by atoms with Gasteiger partial charge in [0.2, 0.25) is 0 Å². The molecular formula is C23H29N3O5. The first-order valence-corrected chi connectivity index (χ1v) is 10.3. The molecular weight excluding hydrogens is 398 g/mol. The van der Waals surface area contributed by atoms with E-state index < -0.39 is 11.8 Å². The second-order valence-electron chi connectivity index (χ2n) is 6.64. The number of unbranched alkanes of at least 4 members (excludes halogenated alkanes) is 1. The maximum absolute atomic E-state index is 12.0. The number of hydrogen-bond donors (Lipinski definition) is 2. The zero-order valence-corrected chi connectivity index (χ0v) is 18.1. The summed E-state index contributed by atoms with van der Waals surface area (Å²) in [4.78, 5) is 24.0. The molecule has 166 valence electrons. The normalized spacial score (nSPS) is 10.5. The Labute approximate surface area is 182 Å². The largest absolute Gasteiger partial charge is 0.494 e. The molecule has 2 aromatic carbocycles. The van der Waals surface area contributed by atoms with Crippen molar-refractivity contribution in [1.82, 2.24) is 5.43 Å². The number of rotatable bonds is 11. The van der Waals surface area contributed by atoms with Gasteiger partial charge in [0.15, 0.2) is 11.5 Å². The minimum absolute atomic E-state index is 0.486. The van der Waals surface area contributed by atoms with Gasteiger partial charge in [-0.05, 0) is 60.9 Å². The zero-order valence-electron chi connectivity index (χ0n) is 18.1. The molecule has 0 bridgehead atoms. The number of nitrogens with one attached hydrogen (secondary N) is 2. The fourth-order valence-electron chi connectivity index (χ4n) is 2.47. The Kier molecular flexibility index (Phi) is 9.87. The van der Waals surface area contributed by atoms with E-state index in [0.29, 0.717) is 41.7 Å². The fraction of sp³-hybridized carbons (Fsp3) is 0.348. The van der Waals surface area contributed by atoms with Crippen molar-refractivity contribution in [3.05, 3.63) is 48.0 Å². The predicted octanol–water partition coefficient (Wildman–Crippen LogP) is 3.75. The van der Waals surface area contributed by atoms with Gasteiger partial charge in [0, 0.05) is 5.69 Å². The Morgan fingerprint density at radius 1 is 0.935 bits per heavy atom. The van der Waals surface area contributed by atoms with E-state index in [1.165, 1.54) is 6.21 Å². The monoisotopic (exact) mass is 427 g/mol. The van der Waals surface area contributed by atoms with Crippen molar-refractivity contribution in [1.29, 1.82) is 0 Å². The molecule has 2 N–H and O–H groups in total. The summed E-state index contributed by atoms with van der Waals surface area (Å²) >= 11 is 0. The Morgan fingerprint density at radius 2 is 1.71 bits per heavy atom. The summed E-state index contributed by atoms with van der Waals surface area (Å²) in [7, 11) is 1.55. The molecule has 0 saturated carbocycles. The summed E-state index contributed by atoms with van der Waals surface area (Å²) in [5.41, 5.74) is 3.37. The van der Waals surface area contributed by atoms with Crippen LogP contribution in [-0.4, -0.2) is 38.4 Å². The van der Waals surface area contributed by atoms with Crippen LogP contribution in [0.4, 0.5) is 5.69 Å². The third-order valence-electron chi connectivity index (χ3n) is 4.11. The fourth-order valence-corrected chi connectivity index (χ4v) is 2.47. The van der Waals surface area contributed by atoms with E-state index >= 15 is 0 Å². The van der Waals surface area contributed by atoms with E-state index in [4.69, 9.17) is 14.2 Å². The molecule has 0 unspecified atom stereocenters. The predicted molar refractivity (Wildman–Crippen MR) is 120 cm³/mol. The Hall–Kier alpha value is -3.55. The summed E-state index contributed by atoms with van der Waals surface area (Å²) in [6, 6.07) is 12.1. The smallest absolute Gasteiger partial charge is 0.329 e. The summed E-state index contributed by atoms with van der Waals surface area (Å²) in [6.45, 7) is 5.34. The van der Waals surface area contributed by atoms with Gasteiger partial charge in [-0.25, -0.2) is 5.43 Å². The first-order chi connectivity index (χ1) is 15.1. The summed E-state index contributed by atoms with van der Waals surface area (Å²) in [5, 5.41) is 6.34. The highest BCUT2D eigenvalue weighted by Crippen LogP contribution is 2.27. The van der Waals surface area contributed by atoms with Gasteiger partial charge in [-0.2, -0.15) is 5.10 Å². The average Bonchev–Trinajstić information content (AvgIpc) is 2.79. The summed E-state index contributed by atoms with van der Waals surface area (Å²) in [5.74, 6) is 0.199. The second kappa shape index (κ2) is 12.9. The standard InChI is InChI=1S/C23H29N3O5/c1-4-6-14-30-19-10-8-18(9-11-19)25-22(27)23(28)26-24-16-17-7-12-20(31-13-5-2)21(15-17)29-3/h7-12,15-16H,4-6,13-14H2,1-3H3,(H,25,27)(H,26,28)/b24-16-. The number of nitrogens with zero attached hydrogens (tertiary/aromatic N) is 1. The topological polar surface area (TPSA) is 98.2 Å². The molecule has 2 aromatic rings. The quantitative estimate of drug-likeness (QED) is 0.246. The maximum atomic E-state index is 12.0. The van der Waals surface area contributed by atoms with Crippen LogP contribution in [0.3, 0.4) is 0 Å². The van der Waals surface area contributed by atoms with Crippen molar-refractivity contribution < 1.29 is 23.8 Å². The lowest BCUT2D eigenvalue weighted by molar-refractivity contribution is -0.136. The molecule has 2 rings (SSSR count). The minimum atomic E-state index is -0.880. The highest BCUT2D eigenvalue weighted by atomic mass is 16.5. The third-order valence-corrected chi connectivity index (χ3v) is 4.11. The van der Waals surface area contributed by atoms with E-state index in [0.717, 1.165) is 19.3 Å². The number of hydrazone groups is 1. The maximum Gasteiger partial charge on any atom is 0.329 e. The molecule has 0 fully saturated rings. The van der Waals surface area contributed by atoms with Crippen LogP contribution in [0.25, 0.3) is 0 Å². The molecule has 0 radical (unpaired) electrons. The lowest BCUT2D eigenvalue weighted by Gasteiger charge is -2.10. The molecule has 31 heavy (non-hydrogen) atoms. The van der Waals surface area contributed by atoms with Crippen LogP contribution in [0.2, 0.25) is 0 Å². The lowest BCUT2D eigenvalue weighted by Crippen LogP contribution is -2.32. The van der Waals surface area contributed by atoms with Gasteiger partial charge >= 0.3 is 11.8 Å². The molecule has 0 aromatic heterocycles. The molecule has 0 atom stereocenters. The van der Waals surface area contributed by atoms with Gasteiger partial charge in [0.05, 0.1) is 26.5 Å². The molecule has 0 spiro atoms. The molecule has 8 heteroatoms. The molecule has 0 aliphatic rings. The van der Waals surface area contributed by atoms with Gasteiger partial charge in [0.1, 0.15) is 5.75 Å². The van der Waals surface area contributed by atoms with Gasteiger partial charge in [0.25, 0.3) is 0 Å². The highest BCUT2D eigenvalue weighted by Gasteiger charge is 2.13. The first kappa shape index (κ1) is 23.7. The summed E-state index contributed by atoms with van der Waals surface area (Å²) in [6.07, 6.45) is 4.33. The first-order valence-electron chi connectivity index (χ1n) is 10.3. The Bertz CT molecular complexity index is 881. The molecule has 0 aliphatic heterocycles. The number of amides is 2. The average molecular weight is 428 g/mol. The minimum Gasteiger partial charge on any atom is -0.494 e. The van der Waals surface area contributed by atoms with Gasteiger partial charge in [-0.15, -0.1) is 0 Å². The number of carbonyl (C=O) groups excluding carboxylic acids is 2. The number of benzene rings is 2.